The second kappa shape index (κ2) is 14.7. The lowest BCUT2D eigenvalue weighted by Gasteiger charge is -2.42. The second-order valence-electron chi connectivity index (χ2n) is 13.0. The van der Waals surface area contributed by atoms with Crippen LogP contribution in [0.25, 0.3) is 0 Å². The molecule has 0 radical (unpaired) electrons. The first kappa shape index (κ1) is 37.3. The Bertz CT molecular complexity index is 1720. The van der Waals surface area contributed by atoms with Gasteiger partial charge in [0.25, 0.3) is 0 Å². The lowest BCUT2D eigenvalue weighted by molar-refractivity contribution is -0.142. The topological polar surface area (TPSA) is 174 Å². The largest absolute Gasteiger partial charge is 0.495 e. The molecule has 2 aromatic carbocycles. The molecule has 2 fully saturated rings. The van der Waals surface area contributed by atoms with Crippen molar-refractivity contribution in [1.29, 1.82) is 0 Å². The molecule has 3 aliphatic heterocycles. The van der Waals surface area contributed by atoms with E-state index in [-0.39, 0.29) is 29.2 Å². The van der Waals surface area contributed by atoms with Gasteiger partial charge in [0.2, 0.25) is 5.91 Å². The number of alkyl carbamates (subject to hydrolysis) is 1. The van der Waals surface area contributed by atoms with Crippen molar-refractivity contribution in [1.82, 2.24) is 5.32 Å². The summed E-state index contributed by atoms with van der Waals surface area (Å²) >= 11 is 12.7. The van der Waals surface area contributed by atoms with Crippen LogP contribution in [-0.2, 0) is 30.2 Å². The Labute approximate surface area is 300 Å². The molecule has 0 aliphatic carbocycles. The molecular formula is C35H42Cl2N4O9. The van der Waals surface area contributed by atoms with Gasteiger partial charge in [0.05, 0.1) is 36.7 Å². The fourth-order valence-electron chi connectivity index (χ4n) is 6.52. The number of benzene rings is 2. The van der Waals surface area contributed by atoms with E-state index in [0.29, 0.717) is 22.9 Å². The highest BCUT2D eigenvalue weighted by molar-refractivity contribution is 6.35. The number of fused-ring (bicyclic) bond motifs is 5. The third-order valence-corrected chi connectivity index (χ3v) is 10.1. The van der Waals surface area contributed by atoms with Gasteiger partial charge in [-0.3, -0.25) is 15.4 Å². The number of aliphatic hydroxyl groups is 1. The van der Waals surface area contributed by atoms with Crippen molar-refractivity contribution in [3.8, 4) is 5.75 Å². The number of nitrogens with zero attached hydrogens (tertiary/aromatic N) is 1. The maximum absolute atomic E-state index is 14.0. The van der Waals surface area contributed by atoms with Crippen LogP contribution in [0.15, 0.2) is 54.1 Å². The van der Waals surface area contributed by atoms with E-state index in [2.05, 4.69) is 10.6 Å². The average molecular weight is 734 g/mol. The summed E-state index contributed by atoms with van der Waals surface area (Å²) in [6.45, 7) is 5.42. The molecule has 3 amide bonds. The summed E-state index contributed by atoms with van der Waals surface area (Å²) in [5.74, 6) is -0.582. The molecule has 2 aromatic rings. The third kappa shape index (κ3) is 7.82. The van der Waals surface area contributed by atoms with E-state index in [1.165, 1.54) is 31.3 Å². The summed E-state index contributed by atoms with van der Waals surface area (Å²) in [6.07, 6.45) is 0.0724. The number of hydrogen-bond donors (Lipinski definition) is 4. The van der Waals surface area contributed by atoms with Crippen LogP contribution in [0.3, 0.4) is 0 Å². The van der Waals surface area contributed by atoms with Gasteiger partial charge in [-0.2, -0.15) is 0 Å². The number of nitrogens with two attached hydrogens (primary N) is 1. The lowest BCUT2D eigenvalue weighted by Crippen LogP contribution is -2.63. The molecule has 5 N–H and O–H groups in total. The maximum Gasteiger partial charge on any atom is 0.412 e. The average Bonchev–Trinajstić information content (AvgIpc) is 3.75. The molecule has 4 bridgehead atoms. The van der Waals surface area contributed by atoms with Gasteiger partial charge in [-0.15, -0.1) is 0 Å². The number of nitrogen functional groups attached to an aromatic ring is 1. The van der Waals surface area contributed by atoms with Crippen molar-refractivity contribution in [2.45, 2.75) is 75.8 Å². The van der Waals surface area contributed by atoms with Crippen molar-refractivity contribution in [2.75, 3.05) is 37.2 Å². The first-order valence-corrected chi connectivity index (χ1v) is 16.8. The van der Waals surface area contributed by atoms with Gasteiger partial charge >= 0.3 is 12.2 Å². The van der Waals surface area contributed by atoms with Crippen LogP contribution in [0, 0.1) is 5.92 Å². The molecule has 0 unspecified atom stereocenters. The van der Waals surface area contributed by atoms with Gasteiger partial charge in [-0.05, 0) is 56.2 Å². The molecule has 7 atom stereocenters. The number of halogens is 2. The lowest BCUT2D eigenvalue weighted by atomic mass is 9.83. The Morgan fingerprint density at radius 1 is 1.20 bits per heavy atom. The molecule has 15 heteroatoms. The van der Waals surface area contributed by atoms with Crippen LogP contribution in [0.2, 0.25) is 10.0 Å². The Morgan fingerprint density at radius 3 is 2.62 bits per heavy atom. The highest BCUT2D eigenvalue weighted by atomic mass is 35.5. The normalized spacial score (nSPS) is 31.7. The predicted octanol–water partition coefficient (Wildman–Crippen LogP) is 5.61. The van der Waals surface area contributed by atoms with Gasteiger partial charge in [-0.25, -0.2) is 9.59 Å². The standard InChI is InChI=1S/C35H42Cl2N4O9/c1-18-8-7-9-27(47-6)35(45)17-26(48-33(44)40-35)19(2)31-34(3,50-31)28(49-32(43)39-23-11-10-21(36)15-22(23)38)16-29(42)41(4)24-13-20(12-18)14-25(46-5)30(24)37/h7-11,13-15,19,26-28,31,45H,12,16-17,38H2,1-6H3,(H,39,43)(H,40,44)/b9-7+,18-8+/t19-,26+,27-,28+,31+,34+,35+/m1/s1. The number of hydrogen-bond acceptors (Lipinski definition) is 10. The van der Waals surface area contributed by atoms with E-state index in [1.54, 1.807) is 51.2 Å². The zero-order chi connectivity index (χ0) is 36.5. The van der Waals surface area contributed by atoms with Gasteiger partial charge in [0.15, 0.2) is 5.72 Å². The SMILES string of the molecule is COc1cc2cc(c1Cl)N(C)C(=O)C[C@H](OC(=O)Nc1ccc(Cl)cc1N)[C@]1(C)O[C@H]1[C@H](C)[C@@H]1C[C@@](O)(NC(=O)O1)[C@H](OC)/C=C/C=C(\C)C2. The first-order valence-electron chi connectivity index (χ1n) is 16.0. The molecule has 5 rings (SSSR count). The first-order chi connectivity index (χ1) is 23.6. The van der Waals surface area contributed by atoms with Crippen LogP contribution in [0.5, 0.6) is 5.75 Å². The van der Waals surface area contributed by atoms with Crippen LogP contribution >= 0.6 is 23.2 Å². The number of nitrogens with one attached hydrogen (secondary N) is 2. The Morgan fingerprint density at radius 2 is 1.94 bits per heavy atom. The summed E-state index contributed by atoms with van der Waals surface area (Å²) in [4.78, 5) is 41.5. The molecule has 3 aliphatic rings. The highest BCUT2D eigenvalue weighted by Gasteiger charge is 2.64. The Balaban J connectivity index is 1.54. The minimum Gasteiger partial charge on any atom is -0.495 e. The number of methoxy groups -OCH3 is 2. The summed E-state index contributed by atoms with van der Waals surface area (Å²) in [5.41, 5.74) is 5.61. The highest BCUT2D eigenvalue weighted by Crippen LogP contribution is 2.49. The van der Waals surface area contributed by atoms with Crippen LogP contribution in [-0.4, -0.2) is 80.2 Å². The van der Waals surface area contributed by atoms with Crippen molar-refractivity contribution in [3.63, 3.8) is 0 Å². The summed E-state index contributed by atoms with van der Waals surface area (Å²) in [6, 6.07) is 8.14. The van der Waals surface area contributed by atoms with E-state index in [4.69, 9.17) is 52.6 Å². The monoisotopic (exact) mass is 732 g/mol. The summed E-state index contributed by atoms with van der Waals surface area (Å²) < 4.78 is 28.9. The van der Waals surface area contributed by atoms with Gasteiger partial charge in [0.1, 0.15) is 34.7 Å². The molecule has 3 heterocycles. The van der Waals surface area contributed by atoms with Crippen molar-refractivity contribution in [3.05, 3.63) is 69.7 Å². The minimum atomic E-state index is -1.82. The molecule has 0 saturated carbocycles. The van der Waals surface area contributed by atoms with Crippen LogP contribution in [0.4, 0.5) is 26.7 Å². The van der Waals surface area contributed by atoms with E-state index >= 15 is 0 Å². The molecule has 13 nitrogen and oxygen atoms in total. The number of rotatable bonds is 4. The van der Waals surface area contributed by atoms with Crippen LogP contribution in [0.1, 0.15) is 39.2 Å². The van der Waals surface area contributed by atoms with E-state index < -0.39 is 59.8 Å². The summed E-state index contributed by atoms with van der Waals surface area (Å²) in [5, 5.41) is 17.4. The fourth-order valence-corrected chi connectivity index (χ4v) is 7.01. The zero-order valence-electron chi connectivity index (χ0n) is 28.6. The zero-order valence-corrected chi connectivity index (χ0v) is 30.1. The quantitative estimate of drug-likeness (QED) is 0.229. The molecule has 2 saturated heterocycles. The molecular weight excluding hydrogens is 691 g/mol. The van der Waals surface area contributed by atoms with Gasteiger partial charge in [-0.1, -0.05) is 53.9 Å². The van der Waals surface area contributed by atoms with Gasteiger partial charge in [0, 0.05) is 31.5 Å². The number of epoxide rings is 1. The maximum atomic E-state index is 14.0. The number of ether oxygens (including phenoxy) is 5. The van der Waals surface area contributed by atoms with Crippen molar-refractivity contribution < 1.29 is 43.2 Å². The number of amides is 3. The van der Waals surface area contributed by atoms with Crippen molar-refractivity contribution in [2.24, 2.45) is 5.92 Å². The molecule has 270 valence electrons. The molecule has 0 aromatic heterocycles. The smallest absolute Gasteiger partial charge is 0.412 e. The van der Waals surface area contributed by atoms with Crippen molar-refractivity contribution >= 4 is 58.4 Å². The number of carbonyl (C=O) groups excluding carboxylic acids is 3. The minimum absolute atomic E-state index is 0.0466. The van der Waals surface area contributed by atoms with Gasteiger partial charge < -0.3 is 39.4 Å². The van der Waals surface area contributed by atoms with E-state index in [1.807, 2.05) is 13.0 Å². The number of carbonyl (C=O) groups is 3. The van der Waals surface area contributed by atoms with E-state index in [0.717, 1.165) is 11.1 Å². The molecule has 0 spiro atoms. The Hall–Kier alpha value is -4.01. The van der Waals surface area contributed by atoms with Crippen LogP contribution < -0.4 is 26.0 Å². The molecule has 50 heavy (non-hydrogen) atoms. The second-order valence-corrected chi connectivity index (χ2v) is 13.9. The Kier molecular flexibility index (Phi) is 10.9. The number of allylic oxidation sites excluding steroid dienone is 3. The fraction of sp³-hybridized carbons (Fsp3) is 0.457. The predicted molar refractivity (Wildman–Crippen MR) is 189 cm³/mol. The van der Waals surface area contributed by atoms with E-state index in [9.17, 15) is 19.5 Å². The third-order valence-electron chi connectivity index (χ3n) is 9.45. The summed E-state index contributed by atoms with van der Waals surface area (Å²) in [7, 11) is 4.49. The number of anilines is 3.